The minimum absolute atomic E-state index is 0.555. The highest BCUT2D eigenvalue weighted by Crippen LogP contribution is 2.27. The van der Waals surface area contributed by atoms with Gasteiger partial charge in [0.05, 0.1) is 4.92 Å². The SMILES string of the molecule is Nc1c([N+](=O)[O-])cccc1S(=O)(=O)O. The molecule has 0 atom stereocenters. The molecule has 0 aliphatic carbocycles. The fourth-order valence-electron chi connectivity index (χ4n) is 0.917. The van der Waals surface area contributed by atoms with Crippen molar-refractivity contribution in [2.75, 3.05) is 5.73 Å². The van der Waals surface area contributed by atoms with Crippen molar-refractivity contribution in [2.45, 2.75) is 4.90 Å². The summed E-state index contributed by atoms with van der Waals surface area (Å²) in [5.41, 5.74) is 4.06. The number of hydrogen-bond acceptors (Lipinski definition) is 5. The first-order valence-electron chi connectivity index (χ1n) is 3.34. The summed E-state index contributed by atoms with van der Waals surface area (Å²) in [7, 11) is -4.52. The maximum Gasteiger partial charge on any atom is 0.296 e. The van der Waals surface area contributed by atoms with E-state index in [9.17, 15) is 18.5 Å². The quantitative estimate of drug-likeness (QED) is 0.321. The Morgan fingerprint density at radius 1 is 1.43 bits per heavy atom. The molecule has 0 fully saturated rings. The van der Waals surface area contributed by atoms with Crippen LogP contribution in [0.15, 0.2) is 23.1 Å². The molecule has 0 unspecified atom stereocenters. The van der Waals surface area contributed by atoms with Crippen molar-refractivity contribution >= 4 is 21.5 Å². The van der Waals surface area contributed by atoms with Crippen molar-refractivity contribution < 1.29 is 17.9 Å². The van der Waals surface area contributed by atoms with Crippen LogP contribution < -0.4 is 5.73 Å². The molecule has 0 heterocycles. The molecule has 7 nitrogen and oxygen atoms in total. The number of rotatable bonds is 2. The van der Waals surface area contributed by atoms with Crippen LogP contribution in [0, 0.1) is 10.1 Å². The molecule has 14 heavy (non-hydrogen) atoms. The zero-order valence-electron chi connectivity index (χ0n) is 6.75. The van der Waals surface area contributed by atoms with Crippen LogP contribution in [0.2, 0.25) is 0 Å². The highest BCUT2D eigenvalue weighted by molar-refractivity contribution is 7.86. The third-order valence-electron chi connectivity index (χ3n) is 1.52. The Morgan fingerprint density at radius 2 is 2.00 bits per heavy atom. The van der Waals surface area contributed by atoms with Crippen LogP contribution in [0.1, 0.15) is 0 Å². The van der Waals surface area contributed by atoms with Crippen LogP contribution in [0.5, 0.6) is 0 Å². The molecule has 0 aliphatic heterocycles. The Hall–Kier alpha value is -1.67. The first-order chi connectivity index (χ1) is 6.34. The van der Waals surface area contributed by atoms with Crippen LogP contribution in [0.25, 0.3) is 0 Å². The molecule has 76 valence electrons. The van der Waals surface area contributed by atoms with Gasteiger partial charge in [-0.3, -0.25) is 14.7 Å². The molecule has 0 saturated heterocycles. The molecule has 0 saturated carbocycles. The number of nitrogens with two attached hydrogens (primary N) is 1. The molecule has 0 bridgehead atoms. The lowest BCUT2D eigenvalue weighted by molar-refractivity contribution is -0.384. The van der Waals surface area contributed by atoms with E-state index in [2.05, 4.69) is 0 Å². The fourth-order valence-corrected chi connectivity index (χ4v) is 1.55. The number of benzene rings is 1. The third-order valence-corrected chi connectivity index (χ3v) is 2.43. The molecule has 0 aliphatic rings. The van der Waals surface area contributed by atoms with Gasteiger partial charge in [-0.2, -0.15) is 8.42 Å². The molecule has 0 radical (unpaired) electrons. The number of nitrogens with zero attached hydrogens (tertiary/aromatic N) is 1. The maximum absolute atomic E-state index is 10.7. The molecule has 1 rings (SSSR count). The Kier molecular flexibility index (Phi) is 2.41. The largest absolute Gasteiger partial charge is 0.392 e. The monoisotopic (exact) mass is 218 g/mol. The summed E-state index contributed by atoms with van der Waals surface area (Å²) in [5, 5.41) is 10.4. The second kappa shape index (κ2) is 3.24. The van der Waals surface area contributed by atoms with Crippen molar-refractivity contribution in [1.29, 1.82) is 0 Å². The van der Waals surface area contributed by atoms with Gasteiger partial charge in [0.2, 0.25) is 0 Å². The lowest BCUT2D eigenvalue weighted by atomic mass is 10.3. The van der Waals surface area contributed by atoms with E-state index in [1.54, 1.807) is 0 Å². The minimum atomic E-state index is -4.52. The van der Waals surface area contributed by atoms with Crippen molar-refractivity contribution in [3.63, 3.8) is 0 Å². The van der Waals surface area contributed by atoms with Crippen LogP contribution in [0.4, 0.5) is 11.4 Å². The number of hydrogen-bond donors (Lipinski definition) is 2. The number of nitro groups is 1. The fraction of sp³-hybridized carbons (Fsp3) is 0. The van der Waals surface area contributed by atoms with Crippen molar-refractivity contribution in [3.05, 3.63) is 28.3 Å². The zero-order valence-corrected chi connectivity index (χ0v) is 7.56. The van der Waals surface area contributed by atoms with Gasteiger partial charge in [0.15, 0.2) is 0 Å². The predicted octanol–water partition coefficient (Wildman–Crippen LogP) is 0.424. The second-order valence-corrected chi connectivity index (χ2v) is 3.81. The number of para-hydroxylation sites is 1. The maximum atomic E-state index is 10.7. The highest BCUT2D eigenvalue weighted by atomic mass is 32.2. The summed E-state index contributed by atoms with van der Waals surface area (Å²) in [6.45, 7) is 0. The lowest BCUT2D eigenvalue weighted by Crippen LogP contribution is -2.05. The minimum Gasteiger partial charge on any atom is -0.392 e. The van der Waals surface area contributed by atoms with E-state index >= 15 is 0 Å². The van der Waals surface area contributed by atoms with Gasteiger partial charge in [0.1, 0.15) is 10.6 Å². The van der Waals surface area contributed by atoms with E-state index in [0.29, 0.717) is 0 Å². The molecule has 0 spiro atoms. The second-order valence-electron chi connectivity index (χ2n) is 2.42. The topological polar surface area (TPSA) is 124 Å². The Balaban J connectivity index is 3.51. The summed E-state index contributed by atoms with van der Waals surface area (Å²) in [5.74, 6) is 0. The van der Waals surface area contributed by atoms with E-state index in [1.807, 2.05) is 0 Å². The summed E-state index contributed by atoms with van der Waals surface area (Å²) >= 11 is 0. The normalized spacial score (nSPS) is 11.2. The van der Waals surface area contributed by atoms with E-state index < -0.39 is 31.3 Å². The molecule has 3 N–H and O–H groups in total. The molecular formula is C6H6N2O5S. The summed E-state index contributed by atoms with van der Waals surface area (Å²) in [6.07, 6.45) is 0. The van der Waals surface area contributed by atoms with Crippen LogP contribution in [0.3, 0.4) is 0 Å². The van der Waals surface area contributed by atoms with E-state index in [0.717, 1.165) is 18.2 Å². The van der Waals surface area contributed by atoms with E-state index in [4.69, 9.17) is 10.3 Å². The van der Waals surface area contributed by atoms with Gasteiger partial charge < -0.3 is 5.73 Å². The standard InChI is InChI=1S/C6H6N2O5S/c7-6-4(8(9)10)2-1-3-5(6)14(11,12)13/h1-3H,7H2,(H,11,12,13). The molecule has 1 aromatic rings. The average molecular weight is 218 g/mol. The molecule has 0 amide bonds. The highest BCUT2D eigenvalue weighted by Gasteiger charge is 2.21. The number of nitrogen functional groups attached to an aromatic ring is 1. The van der Waals surface area contributed by atoms with Gasteiger partial charge in [-0.05, 0) is 6.07 Å². The van der Waals surface area contributed by atoms with Crippen LogP contribution >= 0.6 is 0 Å². The molecule has 1 aromatic carbocycles. The Morgan fingerprint density at radius 3 is 2.43 bits per heavy atom. The third kappa shape index (κ3) is 1.80. The van der Waals surface area contributed by atoms with Gasteiger partial charge in [-0.15, -0.1) is 0 Å². The summed E-state index contributed by atoms with van der Waals surface area (Å²) < 4.78 is 30.0. The van der Waals surface area contributed by atoms with Crippen molar-refractivity contribution in [3.8, 4) is 0 Å². The van der Waals surface area contributed by atoms with Gasteiger partial charge in [-0.25, -0.2) is 0 Å². The Bertz CT molecular complexity index is 481. The smallest absolute Gasteiger partial charge is 0.296 e. The van der Waals surface area contributed by atoms with E-state index in [1.165, 1.54) is 0 Å². The van der Waals surface area contributed by atoms with Crippen LogP contribution in [-0.4, -0.2) is 17.9 Å². The van der Waals surface area contributed by atoms with E-state index in [-0.39, 0.29) is 0 Å². The van der Waals surface area contributed by atoms with Gasteiger partial charge in [-0.1, -0.05) is 6.07 Å². The lowest BCUT2D eigenvalue weighted by Gasteiger charge is -2.01. The Labute approximate surface area is 79.1 Å². The predicted molar refractivity (Wildman–Crippen MR) is 47.3 cm³/mol. The first kappa shape index (κ1) is 10.4. The number of nitro benzene ring substituents is 1. The van der Waals surface area contributed by atoms with Crippen LogP contribution in [-0.2, 0) is 10.1 Å². The summed E-state index contributed by atoms with van der Waals surface area (Å²) in [6, 6.07) is 3.15. The molecular weight excluding hydrogens is 212 g/mol. The van der Waals surface area contributed by atoms with Crippen molar-refractivity contribution in [1.82, 2.24) is 0 Å². The van der Waals surface area contributed by atoms with Gasteiger partial charge in [0, 0.05) is 6.07 Å². The molecule has 0 aromatic heterocycles. The summed E-state index contributed by atoms with van der Waals surface area (Å²) in [4.78, 5) is 8.86. The first-order valence-corrected chi connectivity index (χ1v) is 4.78. The molecule has 8 heteroatoms. The number of anilines is 1. The van der Waals surface area contributed by atoms with Gasteiger partial charge in [0.25, 0.3) is 15.8 Å². The van der Waals surface area contributed by atoms with Gasteiger partial charge >= 0.3 is 0 Å². The average Bonchev–Trinajstić information content (AvgIpc) is 2.01. The van der Waals surface area contributed by atoms with Crippen molar-refractivity contribution in [2.24, 2.45) is 0 Å². The zero-order chi connectivity index (χ0) is 10.9.